The highest BCUT2D eigenvalue weighted by Gasteiger charge is 2.26. The molecule has 1 aromatic carbocycles. The number of nitriles is 1. The fraction of sp³-hybridized carbons (Fsp3) is 0.286. The molecule has 0 unspecified atom stereocenters. The van der Waals surface area contributed by atoms with Crippen molar-refractivity contribution in [2.24, 2.45) is 4.99 Å². The van der Waals surface area contributed by atoms with Gasteiger partial charge in [-0.3, -0.25) is 4.99 Å². The van der Waals surface area contributed by atoms with Crippen molar-refractivity contribution in [1.82, 2.24) is 0 Å². The number of anilines is 1. The molecule has 0 aromatic heterocycles. The van der Waals surface area contributed by atoms with Crippen LogP contribution in [0.15, 0.2) is 28.8 Å². The van der Waals surface area contributed by atoms with Crippen LogP contribution in [-0.2, 0) is 0 Å². The molecule has 0 bridgehead atoms. The first kappa shape index (κ1) is 10.1. The van der Waals surface area contributed by atoms with Crippen LogP contribution < -0.4 is 4.90 Å². The predicted molar refractivity (Wildman–Crippen MR) is 69.0 cm³/mol. The van der Waals surface area contributed by atoms with E-state index in [0.717, 1.165) is 30.9 Å². The van der Waals surface area contributed by atoms with Gasteiger partial charge in [-0.15, -0.1) is 0 Å². The maximum absolute atomic E-state index is 9.20. The number of aliphatic imine (C=N–C) groups is 1. The van der Waals surface area contributed by atoms with Gasteiger partial charge < -0.3 is 4.90 Å². The lowest BCUT2D eigenvalue weighted by Gasteiger charge is -2.33. The normalized spacial score (nSPS) is 17.5. The third kappa shape index (κ3) is 1.53. The standard InChI is InChI=1S/C14H13N3/c1-10-3-4-13-11(7-10)8-12(9-15)14-16-5-2-6-17(13)14/h3-4,7-8H,2,5-6H2,1H3. The number of aryl methyl sites for hydroxylation is 1. The minimum absolute atomic E-state index is 0.683. The third-order valence-electron chi connectivity index (χ3n) is 3.19. The predicted octanol–water partition coefficient (Wildman–Crippen LogP) is 2.52. The summed E-state index contributed by atoms with van der Waals surface area (Å²) in [6, 6.07) is 8.60. The molecule has 3 rings (SSSR count). The van der Waals surface area contributed by atoms with Crippen LogP contribution in [0, 0.1) is 18.3 Å². The molecule has 0 saturated heterocycles. The Labute approximate surface area is 101 Å². The molecule has 0 fully saturated rings. The van der Waals surface area contributed by atoms with Crippen molar-refractivity contribution >= 4 is 17.6 Å². The molecule has 2 aliphatic heterocycles. The molecule has 0 atom stereocenters. The molecule has 0 aliphatic carbocycles. The van der Waals surface area contributed by atoms with Crippen molar-refractivity contribution in [3.05, 3.63) is 34.9 Å². The largest absolute Gasteiger partial charge is 0.325 e. The van der Waals surface area contributed by atoms with E-state index in [4.69, 9.17) is 0 Å². The highest BCUT2D eigenvalue weighted by molar-refractivity contribution is 6.18. The number of hydrogen-bond acceptors (Lipinski definition) is 3. The quantitative estimate of drug-likeness (QED) is 0.678. The van der Waals surface area contributed by atoms with E-state index in [9.17, 15) is 5.26 Å². The van der Waals surface area contributed by atoms with Crippen LogP contribution in [0.2, 0.25) is 0 Å². The van der Waals surface area contributed by atoms with Crippen LogP contribution in [0.4, 0.5) is 5.69 Å². The van der Waals surface area contributed by atoms with E-state index in [1.165, 1.54) is 11.3 Å². The van der Waals surface area contributed by atoms with Crippen LogP contribution in [0.25, 0.3) is 6.08 Å². The first-order valence-electron chi connectivity index (χ1n) is 5.84. The van der Waals surface area contributed by atoms with Crippen molar-refractivity contribution < 1.29 is 0 Å². The summed E-state index contributed by atoms with van der Waals surface area (Å²) in [6.07, 6.45) is 3.00. The molecule has 0 N–H and O–H groups in total. The van der Waals surface area contributed by atoms with Gasteiger partial charge in [0.1, 0.15) is 11.9 Å². The molecule has 0 saturated carbocycles. The van der Waals surface area contributed by atoms with Crippen molar-refractivity contribution in [2.75, 3.05) is 18.0 Å². The average molecular weight is 223 g/mol. The van der Waals surface area contributed by atoms with E-state index in [2.05, 4.69) is 41.1 Å². The van der Waals surface area contributed by atoms with Crippen LogP contribution in [0.1, 0.15) is 17.5 Å². The number of fused-ring (bicyclic) bond motifs is 3. The minimum atomic E-state index is 0.683. The van der Waals surface area contributed by atoms with E-state index in [0.29, 0.717) is 5.57 Å². The minimum Gasteiger partial charge on any atom is -0.325 e. The maximum Gasteiger partial charge on any atom is 0.146 e. The monoisotopic (exact) mass is 223 g/mol. The molecule has 2 aliphatic rings. The highest BCUT2D eigenvalue weighted by Crippen LogP contribution is 2.32. The number of benzene rings is 1. The molecule has 0 radical (unpaired) electrons. The highest BCUT2D eigenvalue weighted by atomic mass is 15.2. The molecule has 3 nitrogen and oxygen atoms in total. The van der Waals surface area contributed by atoms with Gasteiger partial charge >= 0.3 is 0 Å². The van der Waals surface area contributed by atoms with Crippen molar-refractivity contribution in [3.63, 3.8) is 0 Å². The summed E-state index contributed by atoms with van der Waals surface area (Å²) < 4.78 is 0. The second-order valence-electron chi connectivity index (χ2n) is 4.44. The smallest absolute Gasteiger partial charge is 0.146 e. The van der Waals surface area contributed by atoms with Crippen molar-refractivity contribution in [3.8, 4) is 6.07 Å². The molecule has 2 heterocycles. The second kappa shape index (κ2) is 3.74. The molecule has 3 heteroatoms. The molecule has 0 amide bonds. The van der Waals surface area contributed by atoms with E-state index >= 15 is 0 Å². The second-order valence-corrected chi connectivity index (χ2v) is 4.44. The lowest BCUT2D eigenvalue weighted by Crippen LogP contribution is -2.38. The molecular weight excluding hydrogens is 210 g/mol. The van der Waals surface area contributed by atoms with Crippen molar-refractivity contribution in [2.45, 2.75) is 13.3 Å². The molecule has 0 spiro atoms. The van der Waals surface area contributed by atoms with Crippen LogP contribution in [-0.4, -0.2) is 18.9 Å². The van der Waals surface area contributed by atoms with Gasteiger partial charge in [0.15, 0.2) is 0 Å². The van der Waals surface area contributed by atoms with Gasteiger partial charge in [-0.05, 0) is 37.1 Å². The zero-order valence-electron chi connectivity index (χ0n) is 9.77. The van der Waals surface area contributed by atoms with Crippen LogP contribution in [0.3, 0.4) is 0 Å². The van der Waals surface area contributed by atoms with Gasteiger partial charge in [0.2, 0.25) is 0 Å². The Hall–Kier alpha value is -2.08. The third-order valence-corrected chi connectivity index (χ3v) is 3.19. The number of nitrogens with zero attached hydrogens (tertiary/aromatic N) is 3. The first-order chi connectivity index (χ1) is 8.29. The summed E-state index contributed by atoms with van der Waals surface area (Å²) in [5.41, 5.74) is 4.20. The fourth-order valence-electron chi connectivity index (χ4n) is 2.41. The molecular formula is C14H13N3. The van der Waals surface area contributed by atoms with Gasteiger partial charge in [0.25, 0.3) is 0 Å². The van der Waals surface area contributed by atoms with Gasteiger partial charge in [0.05, 0.1) is 5.57 Å². The fourth-order valence-corrected chi connectivity index (χ4v) is 2.41. The van der Waals surface area contributed by atoms with E-state index < -0.39 is 0 Å². The van der Waals surface area contributed by atoms with E-state index in [1.807, 2.05) is 6.08 Å². The SMILES string of the molecule is Cc1ccc2c(c1)C=C(C#N)C1=NCCCN12. The summed E-state index contributed by atoms with van der Waals surface area (Å²) in [5.74, 6) is 0.843. The van der Waals surface area contributed by atoms with Gasteiger partial charge in [0, 0.05) is 18.8 Å². The average Bonchev–Trinajstić information content (AvgIpc) is 2.37. The zero-order valence-corrected chi connectivity index (χ0v) is 9.77. The maximum atomic E-state index is 9.20. The van der Waals surface area contributed by atoms with E-state index in [-0.39, 0.29) is 0 Å². The van der Waals surface area contributed by atoms with Crippen LogP contribution >= 0.6 is 0 Å². The Balaban J connectivity index is 2.22. The Morgan fingerprint density at radius 2 is 2.29 bits per heavy atom. The van der Waals surface area contributed by atoms with Crippen molar-refractivity contribution in [1.29, 1.82) is 5.26 Å². The number of amidine groups is 1. The van der Waals surface area contributed by atoms with Crippen LogP contribution in [0.5, 0.6) is 0 Å². The number of hydrogen-bond donors (Lipinski definition) is 0. The first-order valence-corrected chi connectivity index (χ1v) is 5.84. The Morgan fingerprint density at radius 1 is 1.41 bits per heavy atom. The topological polar surface area (TPSA) is 39.4 Å². The summed E-state index contributed by atoms with van der Waals surface area (Å²) in [6.45, 7) is 3.85. The summed E-state index contributed by atoms with van der Waals surface area (Å²) in [7, 11) is 0. The lowest BCUT2D eigenvalue weighted by atomic mass is 9.99. The van der Waals surface area contributed by atoms with E-state index in [1.54, 1.807) is 0 Å². The summed E-state index contributed by atoms with van der Waals surface area (Å²) in [4.78, 5) is 6.64. The van der Waals surface area contributed by atoms with Gasteiger partial charge in [-0.25, -0.2) is 0 Å². The Bertz CT molecular complexity index is 576. The molecule has 1 aromatic rings. The summed E-state index contributed by atoms with van der Waals surface area (Å²) in [5, 5.41) is 9.20. The molecule has 84 valence electrons. The van der Waals surface area contributed by atoms with Gasteiger partial charge in [-0.2, -0.15) is 5.26 Å². The Kier molecular flexibility index (Phi) is 2.22. The Morgan fingerprint density at radius 3 is 3.12 bits per heavy atom. The summed E-state index contributed by atoms with van der Waals surface area (Å²) >= 11 is 0. The number of rotatable bonds is 0. The van der Waals surface area contributed by atoms with Gasteiger partial charge in [-0.1, -0.05) is 11.6 Å². The zero-order chi connectivity index (χ0) is 11.8. The lowest BCUT2D eigenvalue weighted by molar-refractivity contribution is 0.789. The molecule has 17 heavy (non-hydrogen) atoms.